The summed E-state index contributed by atoms with van der Waals surface area (Å²) in [5.74, 6) is 2.62. The molecule has 1 aliphatic heterocycles. The zero-order chi connectivity index (χ0) is 28.1. The molecule has 4 aromatic rings. The molecule has 0 saturated heterocycles. The number of carbonyl (C=O) groups is 1. The maximum atomic E-state index is 13.0. The fraction of sp³-hybridized carbons (Fsp3) is 0.452. The van der Waals surface area contributed by atoms with Crippen molar-refractivity contribution >= 4 is 22.8 Å². The second-order valence-electron chi connectivity index (χ2n) is 10.4. The molecule has 0 bridgehead atoms. The van der Waals surface area contributed by atoms with E-state index in [0.717, 1.165) is 40.7 Å². The highest BCUT2D eigenvalue weighted by atomic mass is 16.5. The van der Waals surface area contributed by atoms with E-state index in [1.165, 1.54) is 32.1 Å². The van der Waals surface area contributed by atoms with Crippen molar-refractivity contribution in [2.75, 3.05) is 26.1 Å². The standard InChI is InChI=1S/C31H39N5O4/c1-5-6-7-8-9-10-13-16-40-29-25(38-3)17-21(18-26(29)39-4)22-19-27(37)34-30-28(22)20(2)35-36(30)31-32-23-14-11-12-15-24(23)33-31/h11-12,14-15,17-18,22H,5-10,13,16,19H2,1-4H3,(H,32,33)(H,34,37). The number of nitrogens with zero attached hydrogens (tertiary/aromatic N) is 3. The van der Waals surface area contributed by atoms with Gasteiger partial charge in [0.15, 0.2) is 11.5 Å². The number of nitrogens with one attached hydrogen (secondary N) is 2. The lowest BCUT2D eigenvalue weighted by Gasteiger charge is -2.25. The Balaban J connectivity index is 1.41. The van der Waals surface area contributed by atoms with Crippen LogP contribution in [0.3, 0.4) is 0 Å². The third kappa shape index (κ3) is 5.64. The number of methoxy groups -OCH3 is 2. The fourth-order valence-electron chi connectivity index (χ4n) is 5.50. The lowest BCUT2D eigenvalue weighted by Crippen LogP contribution is -2.25. The summed E-state index contributed by atoms with van der Waals surface area (Å²) in [5.41, 5.74) is 4.40. The van der Waals surface area contributed by atoms with E-state index in [1.54, 1.807) is 18.9 Å². The van der Waals surface area contributed by atoms with Gasteiger partial charge in [-0.1, -0.05) is 57.6 Å². The van der Waals surface area contributed by atoms with Gasteiger partial charge in [-0.3, -0.25) is 4.79 Å². The van der Waals surface area contributed by atoms with E-state index < -0.39 is 0 Å². The van der Waals surface area contributed by atoms with Gasteiger partial charge in [0.05, 0.1) is 37.6 Å². The van der Waals surface area contributed by atoms with E-state index >= 15 is 0 Å². The molecule has 1 unspecified atom stereocenters. The van der Waals surface area contributed by atoms with Gasteiger partial charge < -0.3 is 24.5 Å². The Morgan fingerprint density at radius 1 is 1.00 bits per heavy atom. The van der Waals surface area contributed by atoms with Crippen LogP contribution in [0.5, 0.6) is 17.2 Å². The maximum Gasteiger partial charge on any atom is 0.231 e. The molecule has 1 amide bonds. The number of ether oxygens (including phenoxy) is 3. The van der Waals surface area contributed by atoms with Crippen LogP contribution in [0.1, 0.15) is 81.0 Å². The van der Waals surface area contributed by atoms with Crippen molar-refractivity contribution in [2.45, 2.75) is 71.1 Å². The number of hydrogen-bond acceptors (Lipinski definition) is 6. The van der Waals surface area contributed by atoms with Crippen LogP contribution in [0, 0.1) is 6.92 Å². The molecule has 2 aromatic carbocycles. The fourth-order valence-corrected chi connectivity index (χ4v) is 5.50. The second kappa shape index (κ2) is 12.4. The Morgan fingerprint density at radius 2 is 1.70 bits per heavy atom. The number of hydrogen-bond donors (Lipinski definition) is 2. The number of aromatic nitrogens is 4. The lowest BCUT2D eigenvalue weighted by atomic mass is 9.85. The first-order valence-corrected chi connectivity index (χ1v) is 14.3. The number of anilines is 1. The van der Waals surface area contributed by atoms with Gasteiger partial charge >= 0.3 is 0 Å². The monoisotopic (exact) mass is 545 g/mol. The number of aryl methyl sites for hydroxylation is 1. The van der Waals surface area contributed by atoms with E-state index in [1.807, 2.05) is 43.3 Å². The van der Waals surface area contributed by atoms with Crippen LogP contribution in [0.4, 0.5) is 5.82 Å². The second-order valence-corrected chi connectivity index (χ2v) is 10.4. The van der Waals surface area contributed by atoms with Crippen LogP contribution in [0.2, 0.25) is 0 Å². The molecule has 0 saturated carbocycles. The molecule has 0 aliphatic carbocycles. The summed E-state index contributed by atoms with van der Waals surface area (Å²) in [6, 6.07) is 11.7. The van der Waals surface area contributed by atoms with Crippen molar-refractivity contribution in [3.05, 3.63) is 53.2 Å². The smallest absolute Gasteiger partial charge is 0.231 e. The van der Waals surface area contributed by atoms with E-state index in [0.29, 0.717) is 35.6 Å². The Kier molecular flexibility index (Phi) is 8.57. The third-order valence-corrected chi connectivity index (χ3v) is 7.56. The number of carbonyl (C=O) groups excluding carboxylic acids is 1. The summed E-state index contributed by atoms with van der Waals surface area (Å²) in [7, 11) is 3.26. The van der Waals surface area contributed by atoms with Crippen LogP contribution in [0.15, 0.2) is 36.4 Å². The Morgan fingerprint density at radius 3 is 2.40 bits per heavy atom. The number of benzene rings is 2. The molecular weight excluding hydrogens is 506 g/mol. The Bertz CT molecular complexity index is 1420. The van der Waals surface area contributed by atoms with Gasteiger partial charge in [0, 0.05) is 17.9 Å². The van der Waals surface area contributed by atoms with Gasteiger partial charge in [0.25, 0.3) is 0 Å². The van der Waals surface area contributed by atoms with Gasteiger partial charge in [-0.15, -0.1) is 0 Å². The average molecular weight is 546 g/mol. The molecule has 0 fully saturated rings. The molecule has 0 spiro atoms. The molecule has 9 heteroatoms. The SMILES string of the molecule is CCCCCCCCCOc1c(OC)cc(C2CC(=O)Nc3c2c(C)nn3-c2nc3ccccc3[nH]2)cc1OC. The molecule has 2 aromatic heterocycles. The van der Waals surface area contributed by atoms with Crippen molar-refractivity contribution in [3.8, 4) is 23.2 Å². The highest BCUT2D eigenvalue weighted by Gasteiger charge is 2.34. The molecule has 0 radical (unpaired) electrons. The Hall–Kier alpha value is -4.01. The third-order valence-electron chi connectivity index (χ3n) is 7.56. The van der Waals surface area contributed by atoms with Crippen LogP contribution in [-0.4, -0.2) is 46.5 Å². The quantitative estimate of drug-likeness (QED) is 0.182. The van der Waals surface area contributed by atoms with E-state index in [4.69, 9.17) is 24.3 Å². The summed E-state index contributed by atoms with van der Waals surface area (Å²) >= 11 is 0. The lowest BCUT2D eigenvalue weighted by molar-refractivity contribution is -0.116. The molecule has 1 aliphatic rings. The summed E-state index contributed by atoms with van der Waals surface area (Å²) in [5, 5.41) is 7.80. The molecule has 3 heterocycles. The minimum absolute atomic E-state index is 0.0908. The summed E-state index contributed by atoms with van der Waals surface area (Å²) in [6.45, 7) is 4.79. The Labute approximate surface area is 235 Å². The largest absolute Gasteiger partial charge is 0.493 e. The van der Waals surface area contributed by atoms with Crippen molar-refractivity contribution in [3.63, 3.8) is 0 Å². The zero-order valence-corrected chi connectivity index (χ0v) is 23.9. The van der Waals surface area contributed by atoms with Crippen LogP contribution < -0.4 is 19.5 Å². The van der Waals surface area contributed by atoms with Gasteiger partial charge in [-0.05, 0) is 43.2 Å². The van der Waals surface area contributed by atoms with Crippen molar-refractivity contribution in [1.82, 2.24) is 19.7 Å². The zero-order valence-electron chi connectivity index (χ0n) is 23.9. The number of fused-ring (bicyclic) bond motifs is 2. The number of imidazole rings is 1. The van der Waals surface area contributed by atoms with Crippen molar-refractivity contribution < 1.29 is 19.0 Å². The van der Waals surface area contributed by atoms with Gasteiger partial charge in [0.2, 0.25) is 17.6 Å². The van der Waals surface area contributed by atoms with Crippen LogP contribution in [0.25, 0.3) is 17.0 Å². The normalized spacial score (nSPS) is 14.7. The van der Waals surface area contributed by atoms with Gasteiger partial charge in [-0.2, -0.15) is 9.78 Å². The molecular formula is C31H39N5O4. The van der Waals surface area contributed by atoms with E-state index in [2.05, 4.69) is 17.2 Å². The molecule has 1 atom stereocenters. The molecule has 5 rings (SSSR count). The number of H-pyrrole nitrogens is 1. The number of para-hydroxylation sites is 2. The summed E-state index contributed by atoms with van der Waals surface area (Å²) in [6.07, 6.45) is 8.77. The summed E-state index contributed by atoms with van der Waals surface area (Å²) < 4.78 is 19.4. The van der Waals surface area contributed by atoms with Crippen molar-refractivity contribution in [2.24, 2.45) is 0 Å². The topological polar surface area (TPSA) is 103 Å². The maximum absolute atomic E-state index is 13.0. The number of rotatable bonds is 13. The average Bonchev–Trinajstić information content (AvgIpc) is 3.54. The number of aromatic amines is 1. The first-order valence-electron chi connectivity index (χ1n) is 14.3. The van der Waals surface area contributed by atoms with E-state index in [-0.39, 0.29) is 18.2 Å². The first kappa shape index (κ1) is 27.6. The highest BCUT2D eigenvalue weighted by molar-refractivity contribution is 5.95. The predicted molar refractivity (Wildman–Crippen MR) is 156 cm³/mol. The first-order chi connectivity index (χ1) is 19.5. The molecule has 9 nitrogen and oxygen atoms in total. The minimum Gasteiger partial charge on any atom is -0.493 e. The van der Waals surface area contributed by atoms with Crippen LogP contribution >= 0.6 is 0 Å². The molecule has 40 heavy (non-hydrogen) atoms. The van der Waals surface area contributed by atoms with Crippen molar-refractivity contribution in [1.29, 1.82) is 0 Å². The van der Waals surface area contributed by atoms with E-state index in [9.17, 15) is 4.79 Å². The van der Waals surface area contributed by atoms with Crippen LogP contribution in [-0.2, 0) is 4.79 Å². The van der Waals surface area contributed by atoms with Gasteiger partial charge in [0.1, 0.15) is 5.82 Å². The molecule has 2 N–H and O–H groups in total. The highest BCUT2D eigenvalue weighted by Crippen LogP contribution is 2.46. The van der Waals surface area contributed by atoms with Gasteiger partial charge in [-0.25, -0.2) is 4.98 Å². The predicted octanol–water partition coefficient (Wildman–Crippen LogP) is 6.68. The minimum atomic E-state index is -0.234. The number of amides is 1. The number of unbranched alkanes of at least 4 members (excludes halogenated alkanes) is 6. The summed E-state index contributed by atoms with van der Waals surface area (Å²) in [4.78, 5) is 21.0. The molecule has 212 valence electrons.